The van der Waals surface area contributed by atoms with Crippen molar-refractivity contribution >= 4 is 45.6 Å². The summed E-state index contributed by atoms with van der Waals surface area (Å²) >= 11 is 6.25. The number of ketones is 1. The van der Waals surface area contributed by atoms with E-state index in [0.717, 1.165) is 16.5 Å². The van der Waals surface area contributed by atoms with Gasteiger partial charge in [-0.25, -0.2) is 0 Å². The summed E-state index contributed by atoms with van der Waals surface area (Å²) < 4.78 is 10.8. The van der Waals surface area contributed by atoms with E-state index >= 15 is 0 Å². The predicted octanol–water partition coefficient (Wildman–Crippen LogP) is 5.77. The number of aromatic nitrogens is 1. The Hall–Kier alpha value is -4.23. The van der Waals surface area contributed by atoms with Crippen molar-refractivity contribution in [3.8, 4) is 11.5 Å². The van der Waals surface area contributed by atoms with Crippen LogP contribution in [-0.4, -0.2) is 36.0 Å². The van der Waals surface area contributed by atoms with Crippen molar-refractivity contribution in [2.45, 2.75) is 13.0 Å². The molecule has 8 heteroatoms. The van der Waals surface area contributed by atoms with Crippen LogP contribution in [0.5, 0.6) is 11.5 Å². The van der Waals surface area contributed by atoms with Crippen LogP contribution in [0, 0.1) is 6.92 Å². The fourth-order valence-corrected chi connectivity index (χ4v) is 4.84. The van der Waals surface area contributed by atoms with E-state index in [1.54, 1.807) is 18.3 Å². The number of halogens is 1. The number of aliphatic hydroxyl groups is 1. The number of H-pyrrole nitrogens is 1. The average molecular weight is 503 g/mol. The summed E-state index contributed by atoms with van der Waals surface area (Å²) in [6.45, 7) is 1.94. The fourth-order valence-electron chi connectivity index (χ4n) is 4.61. The van der Waals surface area contributed by atoms with Crippen LogP contribution in [0.4, 0.5) is 5.69 Å². The lowest BCUT2D eigenvalue weighted by Gasteiger charge is -2.25. The number of aromatic amines is 1. The number of fused-ring (bicyclic) bond motifs is 1. The molecule has 1 unspecified atom stereocenters. The number of nitrogens with zero attached hydrogens (tertiary/aromatic N) is 1. The van der Waals surface area contributed by atoms with Gasteiger partial charge in [0, 0.05) is 34.4 Å². The van der Waals surface area contributed by atoms with E-state index in [4.69, 9.17) is 21.1 Å². The number of methoxy groups -OCH3 is 2. The lowest BCUT2D eigenvalue weighted by molar-refractivity contribution is -0.132. The van der Waals surface area contributed by atoms with E-state index in [2.05, 4.69) is 4.98 Å². The second-order valence-electron chi connectivity index (χ2n) is 8.48. The molecular formula is C28H23ClN2O5. The highest BCUT2D eigenvalue weighted by atomic mass is 35.5. The zero-order valence-corrected chi connectivity index (χ0v) is 20.6. The minimum absolute atomic E-state index is 0.0620. The third-order valence-corrected chi connectivity index (χ3v) is 6.70. The Bertz CT molecular complexity index is 1540. The second kappa shape index (κ2) is 9.09. The fraction of sp³-hybridized carbons (Fsp3) is 0.143. The number of nitrogens with one attached hydrogen (secondary N) is 1. The number of benzene rings is 3. The van der Waals surface area contributed by atoms with Crippen LogP contribution in [0.15, 0.2) is 72.4 Å². The molecule has 0 aliphatic carbocycles. The highest BCUT2D eigenvalue weighted by Crippen LogP contribution is 2.46. The third-order valence-electron chi connectivity index (χ3n) is 6.40. The van der Waals surface area contributed by atoms with Gasteiger partial charge in [0.1, 0.15) is 17.3 Å². The quantitative estimate of drug-likeness (QED) is 0.205. The van der Waals surface area contributed by atoms with Gasteiger partial charge in [0.15, 0.2) is 0 Å². The third kappa shape index (κ3) is 3.69. The molecule has 1 atom stereocenters. The van der Waals surface area contributed by atoms with Gasteiger partial charge >= 0.3 is 0 Å². The molecule has 0 radical (unpaired) electrons. The zero-order valence-electron chi connectivity index (χ0n) is 19.8. The number of amides is 1. The van der Waals surface area contributed by atoms with Crippen molar-refractivity contribution in [3.05, 3.63) is 94.1 Å². The highest BCUT2D eigenvalue weighted by molar-refractivity contribution is 6.52. The largest absolute Gasteiger partial charge is 0.507 e. The summed E-state index contributed by atoms with van der Waals surface area (Å²) in [5, 5.41) is 12.7. The van der Waals surface area contributed by atoms with Crippen LogP contribution in [0.25, 0.3) is 16.7 Å². The first-order chi connectivity index (χ1) is 17.3. The number of rotatable bonds is 5. The van der Waals surface area contributed by atoms with Gasteiger partial charge in [-0.05, 0) is 31.2 Å². The van der Waals surface area contributed by atoms with Gasteiger partial charge < -0.3 is 19.6 Å². The normalized spacial score (nSPS) is 17.1. The van der Waals surface area contributed by atoms with Crippen molar-refractivity contribution in [1.29, 1.82) is 0 Å². The molecular weight excluding hydrogens is 480 g/mol. The molecule has 7 nitrogen and oxygen atoms in total. The molecule has 5 rings (SSSR count). The molecule has 3 aromatic carbocycles. The number of Topliss-reactive ketones (excluding diaryl/α,β-unsaturated/α-hetero) is 1. The first-order valence-electron chi connectivity index (χ1n) is 11.2. The Labute approximate surface area is 212 Å². The van der Waals surface area contributed by atoms with E-state index in [9.17, 15) is 14.7 Å². The van der Waals surface area contributed by atoms with Gasteiger partial charge in [-0.3, -0.25) is 14.5 Å². The maximum Gasteiger partial charge on any atom is 0.300 e. The molecule has 0 bridgehead atoms. The van der Waals surface area contributed by atoms with Crippen LogP contribution in [0.2, 0.25) is 5.02 Å². The van der Waals surface area contributed by atoms with Gasteiger partial charge in [-0.15, -0.1) is 0 Å². The molecule has 1 fully saturated rings. The van der Waals surface area contributed by atoms with Gasteiger partial charge in [-0.2, -0.15) is 0 Å². The Morgan fingerprint density at radius 1 is 1.00 bits per heavy atom. The van der Waals surface area contributed by atoms with E-state index in [-0.39, 0.29) is 33.4 Å². The number of para-hydroxylation sites is 1. The van der Waals surface area contributed by atoms with Crippen LogP contribution >= 0.6 is 11.6 Å². The maximum absolute atomic E-state index is 13.5. The summed E-state index contributed by atoms with van der Waals surface area (Å²) in [7, 11) is 2.87. The molecule has 2 N–H and O–H groups in total. The molecule has 0 saturated carbocycles. The van der Waals surface area contributed by atoms with Crippen LogP contribution in [-0.2, 0) is 9.59 Å². The minimum atomic E-state index is -0.893. The lowest BCUT2D eigenvalue weighted by atomic mass is 9.94. The summed E-state index contributed by atoms with van der Waals surface area (Å²) in [6, 6.07) is 17.0. The lowest BCUT2D eigenvalue weighted by Crippen LogP contribution is -2.29. The zero-order chi connectivity index (χ0) is 25.6. The average Bonchev–Trinajstić information content (AvgIpc) is 3.42. The van der Waals surface area contributed by atoms with Gasteiger partial charge in [0.25, 0.3) is 11.7 Å². The van der Waals surface area contributed by atoms with Crippen molar-refractivity contribution in [1.82, 2.24) is 4.98 Å². The molecule has 1 saturated heterocycles. The molecule has 1 amide bonds. The Kier molecular flexibility index (Phi) is 5.94. The van der Waals surface area contributed by atoms with Crippen molar-refractivity contribution in [2.24, 2.45) is 0 Å². The number of carbonyl (C=O) groups is 2. The summed E-state index contributed by atoms with van der Waals surface area (Å²) in [5.74, 6) is -1.41. The van der Waals surface area contributed by atoms with E-state index in [1.165, 1.54) is 31.3 Å². The Morgan fingerprint density at radius 3 is 2.39 bits per heavy atom. The predicted molar refractivity (Wildman–Crippen MR) is 139 cm³/mol. The molecule has 0 spiro atoms. The van der Waals surface area contributed by atoms with Crippen LogP contribution in [0.1, 0.15) is 22.7 Å². The molecule has 1 aliphatic heterocycles. The first-order valence-corrected chi connectivity index (χ1v) is 11.6. The van der Waals surface area contributed by atoms with Crippen molar-refractivity contribution in [2.75, 3.05) is 19.1 Å². The van der Waals surface area contributed by atoms with E-state index in [1.807, 2.05) is 43.3 Å². The molecule has 182 valence electrons. The maximum atomic E-state index is 13.5. The summed E-state index contributed by atoms with van der Waals surface area (Å²) in [6.07, 6.45) is 1.76. The number of aryl methyl sites for hydroxylation is 1. The SMILES string of the molecule is COc1cc(/C(O)=C2\C(=O)C(=O)N(c3ccc(C)cc3)C2c2c[nH]c3ccccc23)c(OC)cc1Cl. The topological polar surface area (TPSA) is 91.9 Å². The number of carbonyl (C=O) groups excluding carboxylic acids is 2. The van der Waals surface area contributed by atoms with E-state index in [0.29, 0.717) is 11.3 Å². The Morgan fingerprint density at radius 2 is 1.69 bits per heavy atom. The molecule has 1 aliphatic rings. The Balaban J connectivity index is 1.81. The van der Waals surface area contributed by atoms with Gasteiger partial charge in [-0.1, -0.05) is 47.5 Å². The monoisotopic (exact) mass is 502 g/mol. The van der Waals surface area contributed by atoms with Gasteiger partial charge in [0.2, 0.25) is 0 Å². The van der Waals surface area contributed by atoms with Crippen molar-refractivity contribution < 1.29 is 24.2 Å². The smallest absolute Gasteiger partial charge is 0.300 e. The number of ether oxygens (including phenoxy) is 2. The first kappa shape index (κ1) is 23.5. The molecule has 2 heterocycles. The number of anilines is 1. The van der Waals surface area contributed by atoms with Crippen LogP contribution < -0.4 is 14.4 Å². The number of hydrogen-bond acceptors (Lipinski definition) is 5. The standard InChI is InChI=1S/C28H23ClN2O5/c1-15-8-10-16(11-9-15)31-25(19-14-30-21-7-5-4-6-17(19)21)24(27(33)28(31)34)26(32)18-12-23(36-3)20(29)13-22(18)35-2/h4-14,25,30,32H,1-3H3/b26-24+. The molecule has 36 heavy (non-hydrogen) atoms. The summed E-state index contributed by atoms with van der Waals surface area (Å²) in [5.41, 5.74) is 3.19. The number of aliphatic hydroxyl groups excluding tert-OH is 1. The second-order valence-corrected chi connectivity index (χ2v) is 8.89. The molecule has 1 aromatic heterocycles. The molecule has 4 aromatic rings. The summed E-state index contributed by atoms with van der Waals surface area (Å²) in [4.78, 5) is 31.6. The highest BCUT2D eigenvalue weighted by Gasteiger charge is 2.48. The van der Waals surface area contributed by atoms with Crippen LogP contribution in [0.3, 0.4) is 0 Å². The van der Waals surface area contributed by atoms with E-state index < -0.39 is 17.7 Å². The van der Waals surface area contributed by atoms with Crippen molar-refractivity contribution in [3.63, 3.8) is 0 Å². The number of hydrogen-bond donors (Lipinski definition) is 2. The minimum Gasteiger partial charge on any atom is -0.507 e. The van der Waals surface area contributed by atoms with Gasteiger partial charge in [0.05, 0.1) is 36.4 Å².